The highest BCUT2D eigenvalue weighted by Crippen LogP contribution is 2.39. The molecule has 4 aromatic rings. The van der Waals surface area contributed by atoms with Gasteiger partial charge in [-0.2, -0.15) is 13.2 Å². The van der Waals surface area contributed by atoms with E-state index in [1.807, 2.05) is 19.9 Å². The van der Waals surface area contributed by atoms with Crippen LogP contribution in [0.25, 0.3) is 16.7 Å². The number of benzene rings is 1. The van der Waals surface area contributed by atoms with Gasteiger partial charge in [-0.25, -0.2) is 19.3 Å². The van der Waals surface area contributed by atoms with E-state index in [4.69, 9.17) is 0 Å². The average molecular weight is 511 g/mol. The number of fused-ring (bicyclic) bond motifs is 2. The number of pyridine rings is 2. The van der Waals surface area contributed by atoms with Gasteiger partial charge in [0.25, 0.3) is 5.56 Å². The van der Waals surface area contributed by atoms with E-state index in [0.717, 1.165) is 39.0 Å². The lowest BCUT2D eigenvalue weighted by atomic mass is 9.88. The summed E-state index contributed by atoms with van der Waals surface area (Å²) in [5, 5.41) is 7.03. The van der Waals surface area contributed by atoms with Crippen LogP contribution in [0.15, 0.2) is 53.5 Å². The first-order valence-electron chi connectivity index (χ1n) is 12.2. The zero-order valence-corrected chi connectivity index (χ0v) is 21.1. The van der Waals surface area contributed by atoms with Crippen LogP contribution in [-0.2, 0) is 18.4 Å². The maximum atomic E-state index is 13.8. The first-order valence-corrected chi connectivity index (χ1v) is 12.2. The highest BCUT2D eigenvalue weighted by atomic mass is 19.4. The van der Waals surface area contributed by atoms with Crippen LogP contribution < -0.4 is 16.2 Å². The number of rotatable bonds is 5. The molecule has 0 amide bonds. The van der Waals surface area contributed by atoms with Gasteiger partial charge in [0.15, 0.2) is 5.82 Å². The first-order chi connectivity index (χ1) is 17.5. The molecule has 1 aliphatic heterocycles. The van der Waals surface area contributed by atoms with Crippen LogP contribution >= 0.6 is 0 Å². The van der Waals surface area contributed by atoms with Crippen molar-refractivity contribution in [2.75, 3.05) is 11.9 Å². The van der Waals surface area contributed by atoms with E-state index in [2.05, 4.69) is 32.7 Å². The molecule has 1 aliphatic rings. The molecule has 3 aromatic heterocycles. The number of halogens is 3. The molecule has 0 saturated heterocycles. The number of aromatic nitrogens is 4. The van der Waals surface area contributed by atoms with E-state index in [0.29, 0.717) is 16.7 Å². The predicted molar refractivity (Wildman–Crippen MR) is 138 cm³/mol. The second-order valence-corrected chi connectivity index (χ2v) is 10.2. The molecular weight excluding hydrogens is 481 g/mol. The number of alkyl halides is 3. The highest BCUT2D eigenvalue weighted by Gasteiger charge is 2.49. The highest BCUT2D eigenvalue weighted by molar-refractivity contribution is 5.82. The van der Waals surface area contributed by atoms with Gasteiger partial charge in [0.2, 0.25) is 0 Å². The van der Waals surface area contributed by atoms with Crippen molar-refractivity contribution in [1.29, 1.82) is 0 Å². The number of hydrogen-bond acceptors (Lipinski definition) is 5. The van der Waals surface area contributed by atoms with Gasteiger partial charge in [0.05, 0.1) is 16.6 Å². The molecule has 0 atom stereocenters. The Hall–Kier alpha value is -3.66. The Morgan fingerprint density at radius 3 is 2.59 bits per heavy atom. The molecule has 0 unspecified atom stereocenters. The molecule has 37 heavy (non-hydrogen) atoms. The second-order valence-electron chi connectivity index (χ2n) is 10.2. The van der Waals surface area contributed by atoms with Crippen molar-refractivity contribution in [2.24, 2.45) is 0 Å². The van der Waals surface area contributed by atoms with Gasteiger partial charge in [-0.05, 0) is 76.1 Å². The Morgan fingerprint density at radius 2 is 1.86 bits per heavy atom. The van der Waals surface area contributed by atoms with Gasteiger partial charge < -0.3 is 10.6 Å². The lowest BCUT2D eigenvalue weighted by molar-refractivity contribution is -0.181. The maximum Gasteiger partial charge on any atom is 0.399 e. The minimum atomic E-state index is -4.49. The lowest BCUT2D eigenvalue weighted by Crippen LogP contribution is -2.37. The van der Waals surface area contributed by atoms with E-state index < -0.39 is 11.6 Å². The summed E-state index contributed by atoms with van der Waals surface area (Å²) < 4.78 is 44.4. The molecule has 0 fully saturated rings. The molecule has 0 bridgehead atoms. The van der Waals surface area contributed by atoms with Gasteiger partial charge in [0.1, 0.15) is 11.2 Å². The molecule has 10 heteroatoms. The van der Waals surface area contributed by atoms with Crippen LogP contribution in [0.3, 0.4) is 0 Å². The maximum absolute atomic E-state index is 13.8. The van der Waals surface area contributed by atoms with Gasteiger partial charge >= 0.3 is 6.18 Å². The molecule has 5 rings (SSSR count). The van der Waals surface area contributed by atoms with Crippen LogP contribution in [0.1, 0.15) is 50.6 Å². The fourth-order valence-electron chi connectivity index (χ4n) is 4.62. The molecule has 4 heterocycles. The Kier molecular flexibility index (Phi) is 6.10. The third-order valence-corrected chi connectivity index (χ3v) is 6.92. The molecular formula is C27H29F3N6O. The van der Waals surface area contributed by atoms with Gasteiger partial charge in [-0.3, -0.25) is 4.79 Å². The largest absolute Gasteiger partial charge is 0.399 e. The zero-order chi connectivity index (χ0) is 26.5. The Bertz CT molecular complexity index is 1530. The molecule has 0 saturated carbocycles. The fourth-order valence-corrected chi connectivity index (χ4v) is 4.62. The number of nitrogens with one attached hydrogen (secondary N) is 2. The summed E-state index contributed by atoms with van der Waals surface area (Å²) in [6.07, 6.45) is -2.05. The van der Waals surface area contributed by atoms with Crippen LogP contribution in [-0.4, -0.2) is 32.1 Å². The van der Waals surface area contributed by atoms with E-state index in [-0.39, 0.29) is 23.1 Å². The van der Waals surface area contributed by atoms with E-state index in [1.165, 1.54) is 34.1 Å². The number of anilines is 2. The Balaban J connectivity index is 1.63. The average Bonchev–Trinajstić information content (AvgIpc) is 3.15. The van der Waals surface area contributed by atoms with Crippen molar-refractivity contribution in [3.63, 3.8) is 0 Å². The molecule has 7 nitrogen and oxygen atoms in total. The molecule has 0 aliphatic carbocycles. The van der Waals surface area contributed by atoms with E-state index in [1.54, 1.807) is 16.8 Å². The predicted octanol–water partition coefficient (Wildman–Crippen LogP) is 5.39. The third kappa shape index (κ3) is 4.39. The van der Waals surface area contributed by atoms with Crippen molar-refractivity contribution < 1.29 is 13.2 Å². The van der Waals surface area contributed by atoms with Crippen LogP contribution in [0, 0.1) is 0 Å². The summed E-state index contributed by atoms with van der Waals surface area (Å²) in [4.78, 5) is 22.1. The number of hydrogen-bond donors (Lipinski definition) is 2. The van der Waals surface area contributed by atoms with Crippen LogP contribution in [0.4, 0.5) is 24.7 Å². The van der Waals surface area contributed by atoms with E-state index in [9.17, 15) is 18.0 Å². The lowest BCUT2D eigenvalue weighted by Gasteiger charge is -2.27. The second kappa shape index (κ2) is 9.02. The van der Waals surface area contributed by atoms with Crippen LogP contribution in [0.5, 0.6) is 0 Å². The normalized spacial score (nSPS) is 14.3. The van der Waals surface area contributed by atoms with Crippen LogP contribution in [0.2, 0.25) is 0 Å². The van der Waals surface area contributed by atoms with Gasteiger partial charge in [-0.1, -0.05) is 12.1 Å². The zero-order valence-electron chi connectivity index (χ0n) is 21.1. The SMILES string of the molecule is CC(C)n1c(=O)c2cnc(Nc3ccc4c(c3)CCNC4)cc2n1-c1cccc(C(C)(C)C(F)(F)F)n1. The summed E-state index contributed by atoms with van der Waals surface area (Å²) in [5.74, 6) is 0.747. The third-order valence-electron chi connectivity index (χ3n) is 6.92. The smallest absolute Gasteiger partial charge is 0.340 e. The summed E-state index contributed by atoms with van der Waals surface area (Å²) in [7, 11) is 0. The van der Waals surface area contributed by atoms with Crippen molar-refractivity contribution >= 4 is 22.4 Å². The molecule has 0 spiro atoms. The minimum Gasteiger partial charge on any atom is -0.340 e. The summed E-state index contributed by atoms with van der Waals surface area (Å²) in [6, 6.07) is 12.1. The molecule has 2 N–H and O–H groups in total. The summed E-state index contributed by atoms with van der Waals surface area (Å²) in [5.41, 5.74) is 1.33. The van der Waals surface area contributed by atoms with Crippen molar-refractivity contribution in [3.8, 4) is 5.82 Å². The summed E-state index contributed by atoms with van der Waals surface area (Å²) >= 11 is 0. The summed E-state index contributed by atoms with van der Waals surface area (Å²) in [6.45, 7) is 7.65. The van der Waals surface area contributed by atoms with Crippen molar-refractivity contribution in [2.45, 2.75) is 58.3 Å². The monoisotopic (exact) mass is 510 g/mol. The van der Waals surface area contributed by atoms with E-state index >= 15 is 0 Å². The number of nitrogens with zero attached hydrogens (tertiary/aromatic N) is 4. The fraction of sp³-hybridized carbons (Fsp3) is 0.370. The molecule has 0 radical (unpaired) electrons. The van der Waals surface area contributed by atoms with Crippen molar-refractivity contribution in [1.82, 2.24) is 24.6 Å². The Morgan fingerprint density at radius 1 is 1.08 bits per heavy atom. The Labute approximate surface area is 212 Å². The standard InChI is InChI=1S/C27H29F3N6O/c1-16(2)35-25(37)20-15-32-23(33-19-9-8-18-14-31-11-10-17(18)12-19)13-21(20)36(35)24-7-5-6-22(34-24)26(3,4)27(28,29)30/h5-9,12-13,15-16,31H,10-11,14H2,1-4H3,(H,32,33). The molecule has 1 aromatic carbocycles. The van der Waals surface area contributed by atoms with Gasteiger partial charge in [-0.15, -0.1) is 0 Å². The quantitative estimate of drug-likeness (QED) is 0.376. The first kappa shape index (κ1) is 25.0. The van der Waals surface area contributed by atoms with Crippen molar-refractivity contribution in [3.05, 3.63) is 75.8 Å². The molecule has 194 valence electrons. The minimum absolute atomic E-state index is 0.127. The van der Waals surface area contributed by atoms with Gasteiger partial charge in [0, 0.05) is 30.5 Å². The topological polar surface area (TPSA) is 76.8 Å².